The number of rotatable bonds is 3. The lowest BCUT2D eigenvalue weighted by atomic mass is 10.0. The Balaban J connectivity index is 0.000000148. The van der Waals surface area contributed by atoms with Gasteiger partial charge in [-0.3, -0.25) is 0 Å². The van der Waals surface area contributed by atoms with Gasteiger partial charge in [-0.1, -0.05) is 68.0 Å². The fourth-order valence-electron chi connectivity index (χ4n) is 4.08. The Labute approximate surface area is 228 Å². The molecule has 0 radical (unpaired) electrons. The topological polar surface area (TPSA) is 31.6 Å². The van der Waals surface area contributed by atoms with Crippen molar-refractivity contribution >= 4 is 53.7 Å². The van der Waals surface area contributed by atoms with Crippen LogP contribution in [0, 0.1) is 11.8 Å². The molecule has 2 N–H and O–H groups in total. The van der Waals surface area contributed by atoms with Crippen LogP contribution >= 0.6 is 31.9 Å². The standard InChI is InChI=1S/C16H14BrN.C16H10BrN/c2*17-15-3-1-2-12(11-15)4-5-13-6-7-16-14(10-13)8-9-18-16/h1-3,6-11,18H,4-5H2;1-3,6-11,18H. The highest BCUT2D eigenvalue weighted by Gasteiger charge is 2.00. The molecule has 0 amide bonds. The quantitative estimate of drug-likeness (QED) is 0.191. The van der Waals surface area contributed by atoms with Gasteiger partial charge in [0.15, 0.2) is 0 Å². The molecule has 0 unspecified atom stereocenters. The Kier molecular flexibility index (Phi) is 7.71. The van der Waals surface area contributed by atoms with Gasteiger partial charge < -0.3 is 9.97 Å². The average molecular weight is 596 g/mol. The van der Waals surface area contributed by atoms with E-state index in [-0.39, 0.29) is 0 Å². The van der Waals surface area contributed by atoms with E-state index in [2.05, 4.69) is 120 Å². The molecule has 4 aromatic carbocycles. The van der Waals surface area contributed by atoms with Crippen molar-refractivity contribution in [3.8, 4) is 11.8 Å². The summed E-state index contributed by atoms with van der Waals surface area (Å²) in [6.07, 6.45) is 6.09. The number of aromatic amines is 2. The molecule has 0 aliphatic rings. The molecule has 0 saturated carbocycles. The van der Waals surface area contributed by atoms with Crippen molar-refractivity contribution in [2.45, 2.75) is 12.8 Å². The maximum Gasteiger partial charge on any atom is 0.0454 e. The van der Waals surface area contributed by atoms with Gasteiger partial charge in [0.2, 0.25) is 0 Å². The highest BCUT2D eigenvalue weighted by Crippen LogP contribution is 2.18. The normalized spacial score (nSPS) is 10.5. The molecule has 6 aromatic rings. The molecule has 0 spiro atoms. The summed E-state index contributed by atoms with van der Waals surface area (Å²) in [4.78, 5) is 6.40. The van der Waals surface area contributed by atoms with Gasteiger partial charge in [0.25, 0.3) is 0 Å². The van der Waals surface area contributed by atoms with Crippen molar-refractivity contribution in [1.29, 1.82) is 0 Å². The number of hydrogen-bond acceptors (Lipinski definition) is 0. The minimum atomic E-state index is 1.01. The third-order valence-electron chi connectivity index (χ3n) is 5.94. The molecule has 36 heavy (non-hydrogen) atoms. The first-order valence-electron chi connectivity index (χ1n) is 11.8. The SMILES string of the molecule is Brc1cccc(C#Cc2ccc3[nH]ccc3c2)c1.Brc1cccc(CCc2ccc3[nH]ccc3c2)c1. The first-order valence-corrected chi connectivity index (χ1v) is 13.4. The highest BCUT2D eigenvalue weighted by molar-refractivity contribution is 9.10. The number of H-pyrrole nitrogens is 2. The molecular formula is C32H24Br2N2. The van der Waals surface area contributed by atoms with Crippen molar-refractivity contribution in [2.24, 2.45) is 0 Å². The lowest BCUT2D eigenvalue weighted by Crippen LogP contribution is -1.91. The van der Waals surface area contributed by atoms with Gasteiger partial charge in [-0.15, -0.1) is 0 Å². The number of aryl methyl sites for hydroxylation is 2. The van der Waals surface area contributed by atoms with Crippen molar-refractivity contribution in [1.82, 2.24) is 9.97 Å². The summed E-state index contributed by atoms with van der Waals surface area (Å²) in [5.41, 5.74) is 7.16. The van der Waals surface area contributed by atoms with Crippen LogP contribution < -0.4 is 0 Å². The molecule has 176 valence electrons. The van der Waals surface area contributed by atoms with Crippen LogP contribution in [0.25, 0.3) is 21.8 Å². The van der Waals surface area contributed by atoms with Gasteiger partial charge in [-0.25, -0.2) is 0 Å². The number of benzene rings is 4. The molecule has 0 aliphatic heterocycles. The van der Waals surface area contributed by atoms with Crippen LogP contribution in [0.15, 0.2) is 118 Å². The molecule has 2 heterocycles. The Morgan fingerprint density at radius 2 is 1.11 bits per heavy atom. The lowest BCUT2D eigenvalue weighted by molar-refractivity contribution is 0.961. The van der Waals surface area contributed by atoms with E-state index in [9.17, 15) is 0 Å². The fraction of sp³-hybridized carbons (Fsp3) is 0.0625. The molecule has 0 fully saturated rings. The van der Waals surface area contributed by atoms with Crippen molar-refractivity contribution in [2.75, 3.05) is 0 Å². The number of halogens is 2. The van der Waals surface area contributed by atoms with Crippen LogP contribution in [0.1, 0.15) is 22.3 Å². The smallest absolute Gasteiger partial charge is 0.0454 e. The second kappa shape index (κ2) is 11.5. The van der Waals surface area contributed by atoms with Gasteiger partial charge in [0.1, 0.15) is 0 Å². The Bertz CT molecular complexity index is 1680. The number of nitrogens with one attached hydrogen (secondary N) is 2. The van der Waals surface area contributed by atoms with Crippen LogP contribution in [0.3, 0.4) is 0 Å². The highest BCUT2D eigenvalue weighted by atomic mass is 79.9. The van der Waals surface area contributed by atoms with Crippen molar-refractivity contribution in [3.05, 3.63) is 141 Å². The molecule has 2 aromatic heterocycles. The van der Waals surface area contributed by atoms with E-state index in [0.29, 0.717) is 0 Å². The van der Waals surface area contributed by atoms with Gasteiger partial charge in [-0.2, -0.15) is 0 Å². The monoisotopic (exact) mass is 594 g/mol. The third-order valence-corrected chi connectivity index (χ3v) is 6.92. The van der Waals surface area contributed by atoms with Crippen LogP contribution in [0.2, 0.25) is 0 Å². The maximum atomic E-state index is 3.51. The van der Waals surface area contributed by atoms with E-state index in [4.69, 9.17) is 0 Å². The molecule has 4 heteroatoms. The zero-order valence-electron chi connectivity index (χ0n) is 19.6. The van der Waals surface area contributed by atoms with Crippen LogP contribution in [0.4, 0.5) is 0 Å². The maximum absolute atomic E-state index is 3.51. The summed E-state index contributed by atoms with van der Waals surface area (Å²) >= 11 is 6.96. The predicted molar refractivity (Wildman–Crippen MR) is 158 cm³/mol. The summed E-state index contributed by atoms with van der Waals surface area (Å²) in [5.74, 6) is 6.35. The minimum Gasteiger partial charge on any atom is -0.361 e. The molecule has 0 atom stereocenters. The molecule has 0 saturated heterocycles. The van der Waals surface area contributed by atoms with Crippen LogP contribution in [-0.2, 0) is 12.8 Å². The molecule has 2 nitrogen and oxygen atoms in total. The number of aromatic nitrogens is 2. The lowest BCUT2D eigenvalue weighted by Gasteiger charge is -2.03. The summed E-state index contributed by atoms with van der Waals surface area (Å²) in [6, 6.07) is 33.5. The predicted octanol–water partition coefficient (Wildman–Crippen LogP) is 9.05. The van der Waals surface area contributed by atoms with E-state index in [1.807, 2.05) is 42.7 Å². The van der Waals surface area contributed by atoms with Gasteiger partial charge in [0.05, 0.1) is 0 Å². The zero-order valence-corrected chi connectivity index (χ0v) is 22.7. The Morgan fingerprint density at radius 3 is 1.81 bits per heavy atom. The molecular weight excluding hydrogens is 572 g/mol. The van der Waals surface area contributed by atoms with Crippen molar-refractivity contribution < 1.29 is 0 Å². The first-order chi connectivity index (χ1) is 17.6. The molecule has 6 rings (SSSR count). The first kappa shape index (κ1) is 24.2. The van der Waals surface area contributed by atoms with E-state index in [1.54, 1.807) is 0 Å². The Hall–Kier alpha value is -3.52. The van der Waals surface area contributed by atoms with E-state index < -0.39 is 0 Å². The van der Waals surface area contributed by atoms with E-state index in [1.165, 1.54) is 27.4 Å². The van der Waals surface area contributed by atoms with Crippen LogP contribution in [-0.4, -0.2) is 9.97 Å². The molecule has 0 aliphatic carbocycles. The number of fused-ring (bicyclic) bond motifs is 2. The minimum absolute atomic E-state index is 1.01. The summed E-state index contributed by atoms with van der Waals surface area (Å²) in [6.45, 7) is 0. The van der Waals surface area contributed by atoms with Gasteiger partial charge in [0, 0.05) is 48.9 Å². The largest absolute Gasteiger partial charge is 0.361 e. The summed E-state index contributed by atoms with van der Waals surface area (Å²) < 4.78 is 2.21. The van der Waals surface area contributed by atoms with Gasteiger partial charge in [-0.05, 0) is 102 Å². The average Bonchev–Trinajstić information content (AvgIpc) is 3.55. The van der Waals surface area contributed by atoms with Gasteiger partial charge >= 0.3 is 0 Å². The second-order valence-electron chi connectivity index (χ2n) is 8.57. The second-order valence-corrected chi connectivity index (χ2v) is 10.4. The fourth-order valence-corrected chi connectivity index (χ4v) is 4.93. The zero-order chi connectivity index (χ0) is 24.7. The third kappa shape index (κ3) is 6.37. The summed E-state index contributed by atoms with van der Waals surface area (Å²) in [5, 5.41) is 2.48. The Morgan fingerprint density at radius 1 is 0.528 bits per heavy atom. The van der Waals surface area contributed by atoms with Crippen LogP contribution in [0.5, 0.6) is 0 Å². The van der Waals surface area contributed by atoms with E-state index in [0.717, 1.165) is 38.4 Å². The number of hydrogen-bond donors (Lipinski definition) is 2. The summed E-state index contributed by atoms with van der Waals surface area (Å²) in [7, 11) is 0. The molecule has 0 bridgehead atoms. The van der Waals surface area contributed by atoms with Crippen molar-refractivity contribution in [3.63, 3.8) is 0 Å². The van der Waals surface area contributed by atoms with E-state index >= 15 is 0 Å².